The first-order valence-electron chi connectivity index (χ1n) is 6.19. The maximum atomic E-state index is 11.8. The molecular formula is C13H19N3O. The van der Waals surface area contributed by atoms with E-state index in [1.54, 1.807) is 18.5 Å². The minimum Gasteiger partial charge on any atom is -0.398 e. The van der Waals surface area contributed by atoms with Crippen molar-refractivity contribution in [2.24, 2.45) is 0 Å². The fourth-order valence-corrected chi connectivity index (χ4v) is 2.25. The van der Waals surface area contributed by atoms with Gasteiger partial charge in [0.05, 0.1) is 6.54 Å². The highest BCUT2D eigenvalue weighted by molar-refractivity contribution is 5.84. The molecule has 1 saturated carbocycles. The summed E-state index contributed by atoms with van der Waals surface area (Å²) in [6.45, 7) is 0.443. The lowest BCUT2D eigenvalue weighted by Gasteiger charge is -2.11. The van der Waals surface area contributed by atoms with Crippen LogP contribution in [0.2, 0.25) is 0 Å². The number of nitrogens with zero attached hydrogens (tertiary/aromatic N) is 1. The number of aromatic nitrogens is 1. The number of carbonyl (C=O) groups excluding carboxylic acids is 1. The largest absolute Gasteiger partial charge is 0.398 e. The molecule has 4 heteroatoms. The molecule has 1 aromatic heterocycles. The monoisotopic (exact) mass is 233 g/mol. The third-order valence-electron chi connectivity index (χ3n) is 3.27. The average Bonchev–Trinajstić information content (AvgIpc) is 2.82. The zero-order valence-corrected chi connectivity index (χ0v) is 9.98. The molecule has 0 bridgehead atoms. The summed E-state index contributed by atoms with van der Waals surface area (Å²) in [4.78, 5) is 15.8. The Labute approximate surface area is 102 Å². The van der Waals surface area contributed by atoms with Gasteiger partial charge in [-0.25, -0.2) is 0 Å². The molecule has 1 aliphatic carbocycles. The summed E-state index contributed by atoms with van der Waals surface area (Å²) in [6.07, 6.45) is 8.63. The fraction of sp³-hybridized carbons (Fsp3) is 0.538. The molecule has 1 fully saturated rings. The first kappa shape index (κ1) is 12.0. The zero-order chi connectivity index (χ0) is 12.1. The molecule has 3 N–H and O–H groups in total. The van der Waals surface area contributed by atoms with Gasteiger partial charge in [-0.15, -0.1) is 0 Å². The number of Topliss-reactive ketones (excluding diaryl/α,β-unsaturated/α-hetero) is 1. The van der Waals surface area contributed by atoms with Gasteiger partial charge in [0.1, 0.15) is 0 Å². The molecular weight excluding hydrogens is 214 g/mol. The van der Waals surface area contributed by atoms with Gasteiger partial charge in [-0.1, -0.05) is 12.8 Å². The van der Waals surface area contributed by atoms with Crippen LogP contribution in [0.1, 0.15) is 31.2 Å². The van der Waals surface area contributed by atoms with Crippen LogP contribution in [0.25, 0.3) is 0 Å². The van der Waals surface area contributed by atoms with E-state index < -0.39 is 0 Å². The third-order valence-corrected chi connectivity index (χ3v) is 3.27. The van der Waals surface area contributed by atoms with Crippen LogP contribution in [0.5, 0.6) is 0 Å². The molecule has 0 spiro atoms. The van der Waals surface area contributed by atoms with Gasteiger partial charge < -0.3 is 11.1 Å². The van der Waals surface area contributed by atoms with Crippen molar-refractivity contribution in [3.63, 3.8) is 0 Å². The molecule has 0 saturated heterocycles. The minimum atomic E-state index is 0.177. The van der Waals surface area contributed by atoms with Crippen LogP contribution in [0.15, 0.2) is 18.5 Å². The number of hydrogen-bond acceptors (Lipinski definition) is 4. The Morgan fingerprint density at radius 3 is 2.94 bits per heavy atom. The van der Waals surface area contributed by atoms with E-state index >= 15 is 0 Å². The van der Waals surface area contributed by atoms with Crippen molar-refractivity contribution >= 4 is 11.5 Å². The number of rotatable bonds is 5. The number of nitrogens with one attached hydrogen (secondary N) is 1. The smallest absolute Gasteiger partial charge is 0.151 e. The van der Waals surface area contributed by atoms with Gasteiger partial charge in [0.2, 0.25) is 0 Å². The summed E-state index contributed by atoms with van der Waals surface area (Å²) in [7, 11) is 0. The zero-order valence-electron chi connectivity index (χ0n) is 9.98. The number of pyridine rings is 1. The van der Waals surface area contributed by atoms with Crippen LogP contribution in [0.3, 0.4) is 0 Å². The molecule has 4 nitrogen and oxygen atoms in total. The van der Waals surface area contributed by atoms with E-state index in [2.05, 4.69) is 10.3 Å². The van der Waals surface area contributed by atoms with Crippen LogP contribution in [-0.4, -0.2) is 23.4 Å². The molecule has 92 valence electrons. The maximum absolute atomic E-state index is 11.8. The highest BCUT2D eigenvalue weighted by atomic mass is 16.1. The van der Waals surface area contributed by atoms with Crippen LogP contribution in [0, 0.1) is 0 Å². The van der Waals surface area contributed by atoms with E-state index in [9.17, 15) is 4.79 Å². The average molecular weight is 233 g/mol. The van der Waals surface area contributed by atoms with E-state index in [-0.39, 0.29) is 5.78 Å². The number of nitrogens with two attached hydrogens (primary N) is 1. The Kier molecular flexibility index (Phi) is 4.09. The fourth-order valence-electron chi connectivity index (χ4n) is 2.25. The molecule has 1 aliphatic rings. The summed E-state index contributed by atoms with van der Waals surface area (Å²) in [6, 6.07) is 2.26. The van der Waals surface area contributed by atoms with E-state index in [1.165, 1.54) is 25.7 Å². The van der Waals surface area contributed by atoms with Crippen molar-refractivity contribution in [3.8, 4) is 0 Å². The van der Waals surface area contributed by atoms with Gasteiger partial charge >= 0.3 is 0 Å². The molecule has 0 radical (unpaired) electrons. The van der Waals surface area contributed by atoms with Gasteiger partial charge in [0, 0.05) is 36.1 Å². The summed E-state index contributed by atoms with van der Waals surface area (Å²) in [5.41, 5.74) is 7.25. The van der Waals surface area contributed by atoms with Crippen molar-refractivity contribution in [3.05, 3.63) is 24.0 Å². The van der Waals surface area contributed by atoms with Crippen LogP contribution in [-0.2, 0) is 11.2 Å². The number of anilines is 1. The summed E-state index contributed by atoms with van der Waals surface area (Å²) >= 11 is 0. The minimum absolute atomic E-state index is 0.177. The molecule has 1 aromatic rings. The van der Waals surface area contributed by atoms with Gasteiger partial charge in [0.25, 0.3) is 0 Å². The molecule has 0 amide bonds. The molecule has 2 rings (SSSR count). The van der Waals surface area contributed by atoms with E-state index in [0.29, 0.717) is 24.7 Å². The Bertz CT molecular complexity index is 386. The maximum Gasteiger partial charge on any atom is 0.151 e. The van der Waals surface area contributed by atoms with Crippen molar-refractivity contribution in [2.75, 3.05) is 12.3 Å². The lowest BCUT2D eigenvalue weighted by atomic mass is 10.1. The van der Waals surface area contributed by atoms with Gasteiger partial charge in [-0.3, -0.25) is 9.78 Å². The van der Waals surface area contributed by atoms with E-state index in [4.69, 9.17) is 5.73 Å². The Morgan fingerprint density at radius 1 is 1.47 bits per heavy atom. The molecule has 1 heterocycles. The summed E-state index contributed by atoms with van der Waals surface area (Å²) in [5, 5.41) is 3.31. The van der Waals surface area contributed by atoms with Crippen LogP contribution < -0.4 is 11.1 Å². The summed E-state index contributed by atoms with van der Waals surface area (Å²) < 4.78 is 0. The Balaban J connectivity index is 1.79. The van der Waals surface area contributed by atoms with Gasteiger partial charge in [-0.2, -0.15) is 0 Å². The molecule has 0 aromatic carbocycles. The molecule has 0 aliphatic heterocycles. The predicted molar refractivity (Wildman–Crippen MR) is 67.6 cm³/mol. The lowest BCUT2D eigenvalue weighted by Crippen LogP contribution is -2.32. The van der Waals surface area contributed by atoms with Crippen molar-refractivity contribution in [2.45, 2.75) is 38.1 Å². The van der Waals surface area contributed by atoms with Crippen molar-refractivity contribution in [1.29, 1.82) is 0 Å². The third kappa shape index (κ3) is 3.53. The molecule has 0 unspecified atom stereocenters. The SMILES string of the molecule is Nc1ccncc1CC(=O)CNC1CCCC1. The standard InChI is InChI=1S/C13H19N3O/c14-13-5-6-15-8-10(13)7-12(17)9-16-11-3-1-2-4-11/h5-6,8,11,16H,1-4,7,9H2,(H2,14,15). The number of ketones is 1. The van der Waals surface area contributed by atoms with Crippen LogP contribution in [0.4, 0.5) is 5.69 Å². The van der Waals surface area contributed by atoms with E-state index in [1.807, 2.05) is 0 Å². The van der Waals surface area contributed by atoms with Crippen LogP contribution >= 0.6 is 0 Å². The normalized spacial score (nSPS) is 16.2. The first-order chi connectivity index (χ1) is 8.25. The Morgan fingerprint density at radius 2 is 2.24 bits per heavy atom. The van der Waals surface area contributed by atoms with Crippen molar-refractivity contribution in [1.82, 2.24) is 10.3 Å². The second-order valence-electron chi connectivity index (χ2n) is 4.65. The van der Waals surface area contributed by atoms with E-state index in [0.717, 1.165) is 5.56 Å². The first-order valence-corrected chi connectivity index (χ1v) is 6.19. The molecule has 0 atom stereocenters. The molecule has 17 heavy (non-hydrogen) atoms. The van der Waals surface area contributed by atoms with Gasteiger partial charge in [0.15, 0.2) is 5.78 Å². The number of carbonyl (C=O) groups is 1. The predicted octanol–water partition coefficient (Wildman–Crippen LogP) is 1.31. The second kappa shape index (κ2) is 5.77. The number of hydrogen-bond donors (Lipinski definition) is 2. The number of nitrogen functional groups attached to an aromatic ring is 1. The second-order valence-corrected chi connectivity index (χ2v) is 4.65. The quantitative estimate of drug-likeness (QED) is 0.804. The lowest BCUT2D eigenvalue weighted by molar-refractivity contribution is -0.117. The Hall–Kier alpha value is -1.42. The topological polar surface area (TPSA) is 68.0 Å². The van der Waals surface area contributed by atoms with Crippen molar-refractivity contribution < 1.29 is 4.79 Å². The highest BCUT2D eigenvalue weighted by Crippen LogP contribution is 2.17. The summed E-state index contributed by atoms with van der Waals surface area (Å²) in [5.74, 6) is 0.177. The van der Waals surface area contributed by atoms with Gasteiger partial charge in [-0.05, 0) is 18.9 Å². The highest BCUT2D eigenvalue weighted by Gasteiger charge is 2.15.